The summed E-state index contributed by atoms with van der Waals surface area (Å²) in [7, 11) is 2.20. The maximum absolute atomic E-state index is 3.43. The molecule has 1 aliphatic carbocycles. The molecule has 1 N–H and O–H groups in total. The summed E-state index contributed by atoms with van der Waals surface area (Å²) in [5.74, 6) is 1.85. The quantitative estimate of drug-likeness (QED) is 0.743. The van der Waals surface area contributed by atoms with Crippen molar-refractivity contribution in [3.8, 4) is 0 Å². The molecule has 0 saturated heterocycles. The van der Waals surface area contributed by atoms with E-state index in [1.807, 2.05) is 0 Å². The minimum Gasteiger partial charge on any atom is -0.374 e. The average molecular weight is 246 g/mol. The molecule has 0 amide bonds. The zero-order valence-corrected chi connectivity index (χ0v) is 11.9. The Kier molecular flexibility index (Phi) is 4.65. The summed E-state index contributed by atoms with van der Waals surface area (Å²) < 4.78 is 0. The van der Waals surface area contributed by atoms with E-state index in [1.165, 1.54) is 30.6 Å². The van der Waals surface area contributed by atoms with Gasteiger partial charge in [-0.25, -0.2) is 0 Å². The first-order valence-electron chi connectivity index (χ1n) is 7.21. The maximum atomic E-state index is 3.43. The van der Waals surface area contributed by atoms with Gasteiger partial charge in [0, 0.05) is 25.8 Å². The molecule has 1 aromatic carbocycles. The number of nitrogens with zero attached hydrogens (tertiary/aromatic N) is 1. The monoisotopic (exact) mass is 246 g/mol. The van der Waals surface area contributed by atoms with Gasteiger partial charge < -0.3 is 10.2 Å². The molecule has 0 heterocycles. The van der Waals surface area contributed by atoms with Crippen molar-refractivity contribution in [3.05, 3.63) is 29.8 Å². The molecule has 0 aliphatic heterocycles. The molecule has 2 rings (SSSR count). The molecule has 2 unspecified atom stereocenters. The van der Waals surface area contributed by atoms with Crippen molar-refractivity contribution < 1.29 is 0 Å². The van der Waals surface area contributed by atoms with Crippen LogP contribution in [0.4, 0.5) is 5.69 Å². The van der Waals surface area contributed by atoms with Gasteiger partial charge in [0.1, 0.15) is 0 Å². The van der Waals surface area contributed by atoms with E-state index in [0.29, 0.717) is 0 Å². The largest absolute Gasteiger partial charge is 0.374 e. The zero-order chi connectivity index (χ0) is 13.0. The van der Waals surface area contributed by atoms with Crippen molar-refractivity contribution in [1.82, 2.24) is 5.32 Å². The minimum atomic E-state index is 0.917. The van der Waals surface area contributed by atoms with Crippen molar-refractivity contribution in [2.45, 2.75) is 33.2 Å². The van der Waals surface area contributed by atoms with Crippen LogP contribution in [-0.4, -0.2) is 20.1 Å². The Morgan fingerprint density at radius 1 is 1.28 bits per heavy atom. The fourth-order valence-corrected chi connectivity index (χ4v) is 2.39. The van der Waals surface area contributed by atoms with Gasteiger partial charge in [-0.2, -0.15) is 0 Å². The third-order valence-corrected chi connectivity index (χ3v) is 3.92. The van der Waals surface area contributed by atoms with E-state index in [4.69, 9.17) is 0 Å². The zero-order valence-electron chi connectivity index (χ0n) is 11.9. The molecular weight excluding hydrogens is 220 g/mol. The standard InChI is InChI=1S/C16H26N2/c1-4-9-17-11-14-5-7-16(8-6-14)18(3)12-15-10-13(15)2/h5-8,13,15,17H,4,9-12H2,1-3H3. The lowest BCUT2D eigenvalue weighted by Crippen LogP contribution is -2.20. The van der Waals surface area contributed by atoms with Crippen molar-refractivity contribution in [3.63, 3.8) is 0 Å². The highest BCUT2D eigenvalue weighted by Crippen LogP contribution is 2.38. The Morgan fingerprint density at radius 3 is 2.50 bits per heavy atom. The van der Waals surface area contributed by atoms with Gasteiger partial charge in [0.05, 0.1) is 0 Å². The van der Waals surface area contributed by atoms with Crippen LogP contribution in [0.3, 0.4) is 0 Å². The summed E-state index contributed by atoms with van der Waals surface area (Å²) >= 11 is 0. The second kappa shape index (κ2) is 6.24. The van der Waals surface area contributed by atoms with Crippen LogP contribution in [0.1, 0.15) is 32.3 Å². The fourth-order valence-electron chi connectivity index (χ4n) is 2.39. The van der Waals surface area contributed by atoms with Gasteiger partial charge in [0.15, 0.2) is 0 Å². The Morgan fingerprint density at radius 2 is 1.94 bits per heavy atom. The maximum Gasteiger partial charge on any atom is 0.0363 e. The highest BCUT2D eigenvalue weighted by atomic mass is 15.1. The molecule has 2 nitrogen and oxygen atoms in total. The summed E-state index contributed by atoms with van der Waals surface area (Å²) in [5.41, 5.74) is 2.72. The number of rotatable bonds is 7. The first-order valence-corrected chi connectivity index (χ1v) is 7.21. The van der Waals surface area contributed by atoms with Crippen molar-refractivity contribution in [2.24, 2.45) is 11.8 Å². The molecule has 0 spiro atoms. The smallest absolute Gasteiger partial charge is 0.0363 e. The lowest BCUT2D eigenvalue weighted by atomic mass is 10.2. The SMILES string of the molecule is CCCNCc1ccc(N(C)CC2CC2C)cc1. The fraction of sp³-hybridized carbons (Fsp3) is 0.625. The van der Waals surface area contributed by atoms with E-state index in [1.54, 1.807) is 0 Å². The van der Waals surface area contributed by atoms with Crippen LogP contribution in [-0.2, 0) is 6.54 Å². The molecule has 2 atom stereocenters. The summed E-state index contributed by atoms with van der Waals surface area (Å²) in [6.07, 6.45) is 2.60. The normalized spacial score (nSPS) is 21.9. The molecule has 1 aromatic rings. The van der Waals surface area contributed by atoms with Gasteiger partial charge in [-0.05, 0) is 48.9 Å². The Hall–Kier alpha value is -1.02. The summed E-state index contributed by atoms with van der Waals surface area (Å²) in [6.45, 7) is 7.83. The number of hydrogen-bond donors (Lipinski definition) is 1. The first-order chi connectivity index (χ1) is 8.70. The Bertz CT molecular complexity index is 358. The molecular formula is C16H26N2. The molecule has 1 saturated carbocycles. The average Bonchev–Trinajstić information content (AvgIpc) is 3.06. The van der Waals surface area contributed by atoms with E-state index >= 15 is 0 Å². The molecule has 0 bridgehead atoms. The number of benzene rings is 1. The number of hydrogen-bond acceptors (Lipinski definition) is 2. The van der Waals surface area contributed by atoms with Gasteiger partial charge in [0.2, 0.25) is 0 Å². The Balaban J connectivity index is 1.82. The molecule has 18 heavy (non-hydrogen) atoms. The third kappa shape index (κ3) is 3.74. The number of anilines is 1. The molecule has 0 aromatic heterocycles. The first kappa shape index (κ1) is 13.4. The Labute approximate surface area is 111 Å². The summed E-state index contributed by atoms with van der Waals surface area (Å²) in [5, 5.41) is 3.43. The van der Waals surface area contributed by atoms with Gasteiger partial charge in [-0.15, -0.1) is 0 Å². The molecule has 1 fully saturated rings. The third-order valence-electron chi connectivity index (χ3n) is 3.92. The van der Waals surface area contributed by atoms with Crippen molar-refractivity contribution in [1.29, 1.82) is 0 Å². The summed E-state index contributed by atoms with van der Waals surface area (Å²) in [6, 6.07) is 8.97. The molecule has 0 radical (unpaired) electrons. The van der Waals surface area contributed by atoms with Crippen LogP contribution in [0.25, 0.3) is 0 Å². The summed E-state index contributed by atoms with van der Waals surface area (Å²) in [4.78, 5) is 2.39. The van der Waals surface area contributed by atoms with Crippen molar-refractivity contribution in [2.75, 3.05) is 25.0 Å². The van der Waals surface area contributed by atoms with E-state index < -0.39 is 0 Å². The van der Waals surface area contributed by atoms with Gasteiger partial charge in [-0.3, -0.25) is 0 Å². The van der Waals surface area contributed by atoms with Crippen LogP contribution in [0.15, 0.2) is 24.3 Å². The van der Waals surface area contributed by atoms with E-state index in [0.717, 1.165) is 24.9 Å². The predicted molar refractivity (Wildman–Crippen MR) is 79.0 cm³/mol. The van der Waals surface area contributed by atoms with Gasteiger partial charge in [0.25, 0.3) is 0 Å². The van der Waals surface area contributed by atoms with E-state index in [2.05, 4.69) is 55.4 Å². The molecule has 1 aliphatic rings. The predicted octanol–water partition coefficient (Wildman–Crippen LogP) is 3.28. The van der Waals surface area contributed by atoms with Crippen LogP contribution < -0.4 is 10.2 Å². The lowest BCUT2D eigenvalue weighted by Gasteiger charge is -2.19. The molecule has 100 valence electrons. The van der Waals surface area contributed by atoms with E-state index in [9.17, 15) is 0 Å². The second-order valence-corrected chi connectivity index (χ2v) is 5.70. The molecule has 2 heteroatoms. The van der Waals surface area contributed by atoms with Gasteiger partial charge >= 0.3 is 0 Å². The van der Waals surface area contributed by atoms with Gasteiger partial charge in [-0.1, -0.05) is 26.0 Å². The highest BCUT2D eigenvalue weighted by Gasteiger charge is 2.33. The van der Waals surface area contributed by atoms with Crippen LogP contribution >= 0.6 is 0 Å². The second-order valence-electron chi connectivity index (χ2n) is 5.70. The topological polar surface area (TPSA) is 15.3 Å². The minimum absolute atomic E-state index is 0.917. The number of nitrogens with one attached hydrogen (secondary N) is 1. The lowest BCUT2D eigenvalue weighted by molar-refractivity contribution is 0.675. The van der Waals surface area contributed by atoms with Crippen molar-refractivity contribution >= 4 is 5.69 Å². The van der Waals surface area contributed by atoms with Crippen LogP contribution in [0, 0.1) is 11.8 Å². The van der Waals surface area contributed by atoms with Crippen LogP contribution in [0.5, 0.6) is 0 Å². The highest BCUT2D eigenvalue weighted by molar-refractivity contribution is 5.47. The van der Waals surface area contributed by atoms with Crippen LogP contribution in [0.2, 0.25) is 0 Å². The van der Waals surface area contributed by atoms with E-state index in [-0.39, 0.29) is 0 Å².